The molecule has 2 fully saturated rings. The van der Waals surface area contributed by atoms with Crippen LogP contribution in [0.2, 0.25) is 0 Å². The predicted molar refractivity (Wildman–Crippen MR) is 153 cm³/mol. The number of hydrogen-bond donors (Lipinski definition) is 2. The summed E-state index contributed by atoms with van der Waals surface area (Å²) < 4.78 is 54.1. The summed E-state index contributed by atoms with van der Waals surface area (Å²) in [5, 5.41) is 7.88. The first kappa shape index (κ1) is 28.4. The van der Waals surface area contributed by atoms with Gasteiger partial charge in [-0.25, -0.2) is 9.97 Å². The van der Waals surface area contributed by atoms with Crippen LogP contribution in [0.25, 0.3) is 10.9 Å². The minimum absolute atomic E-state index is 0.0144. The van der Waals surface area contributed by atoms with Gasteiger partial charge in [-0.2, -0.15) is 13.2 Å². The SMILES string of the molecule is Cc1nc(NC(C)c2cccc(C(F)(F)F)c2C)c2cc(N3CC[C@H](NC(=O)C4CC4)C3)c(P(C)(C)=O)cc2n1. The van der Waals surface area contributed by atoms with Gasteiger partial charge in [-0.1, -0.05) is 12.1 Å². The highest BCUT2D eigenvalue weighted by atomic mass is 31.2. The summed E-state index contributed by atoms with van der Waals surface area (Å²) in [6, 6.07) is 7.52. The van der Waals surface area contributed by atoms with Crippen LogP contribution >= 0.6 is 7.14 Å². The van der Waals surface area contributed by atoms with Crippen LogP contribution in [0, 0.1) is 19.8 Å². The highest BCUT2D eigenvalue weighted by Gasteiger charge is 2.35. The molecule has 0 radical (unpaired) electrons. The van der Waals surface area contributed by atoms with E-state index in [9.17, 15) is 22.5 Å². The summed E-state index contributed by atoms with van der Waals surface area (Å²) >= 11 is 0. The Morgan fingerprint density at radius 1 is 1.12 bits per heavy atom. The minimum atomic E-state index is -4.44. The number of nitrogens with one attached hydrogen (secondary N) is 2. The van der Waals surface area contributed by atoms with E-state index in [1.54, 1.807) is 33.2 Å². The second-order valence-electron chi connectivity index (χ2n) is 11.4. The van der Waals surface area contributed by atoms with E-state index < -0.39 is 24.9 Å². The van der Waals surface area contributed by atoms with Crippen molar-refractivity contribution in [3.63, 3.8) is 0 Å². The van der Waals surface area contributed by atoms with Crippen molar-refractivity contribution < 1.29 is 22.5 Å². The highest BCUT2D eigenvalue weighted by molar-refractivity contribution is 7.70. The molecule has 1 unspecified atom stereocenters. The summed E-state index contributed by atoms with van der Waals surface area (Å²) in [7, 11) is -2.72. The van der Waals surface area contributed by atoms with Gasteiger partial charge in [-0.05, 0) is 82.7 Å². The molecule has 2 atom stereocenters. The van der Waals surface area contributed by atoms with Crippen LogP contribution < -0.4 is 20.8 Å². The van der Waals surface area contributed by atoms with Crippen molar-refractivity contribution in [2.75, 3.05) is 36.6 Å². The maximum atomic E-state index is 13.6. The number of rotatable bonds is 7. The summed E-state index contributed by atoms with van der Waals surface area (Å²) in [5.74, 6) is 1.23. The second-order valence-corrected chi connectivity index (χ2v) is 14.6. The number of amides is 1. The molecule has 5 rings (SSSR count). The molecule has 1 saturated heterocycles. The third-order valence-corrected chi connectivity index (χ3v) is 9.33. The summed E-state index contributed by atoms with van der Waals surface area (Å²) in [6.07, 6.45) is -1.77. The number of aromatic nitrogens is 2. The average Bonchev–Trinajstić information content (AvgIpc) is 3.61. The lowest BCUT2D eigenvalue weighted by Gasteiger charge is -2.26. The van der Waals surface area contributed by atoms with Crippen LogP contribution in [0.1, 0.15) is 54.7 Å². The van der Waals surface area contributed by atoms with Crippen LogP contribution in [-0.4, -0.2) is 48.3 Å². The van der Waals surface area contributed by atoms with E-state index in [0.717, 1.165) is 31.0 Å². The van der Waals surface area contributed by atoms with Gasteiger partial charge in [0.2, 0.25) is 5.91 Å². The van der Waals surface area contributed by atoms with Crippen molar-refractivity contribution in [3.05, 3.63) is 52.8 Å². The van der Waals surface area contributed by atoms with Crippen LogP contribution in [-0.2, 0) is 15.5 Å². The lowest BCUT2D eigenvalue weighted by molar-refractivity contribution is -0.138. The Morgan fingerprint density at radius 2 is 1.85 bits per heavy atom. The van der Waals surface area contributed by atoms with Crippen molar-refractivity contribution in [1.29, 1.82) is 0 Å². The fourth-order valence-electron chi connectivity index (χ4n) is 5.54. The molecule has 2 heterocycles. The predicted octanol–water partition coefficient (Wildman–Crippen LogP) is 5.79. The highest BCUT2D eigenvalue weighted by Crippen LogP contribution is 2.42. The fourth-order valence-corrected chi connectivity index (χ4v) is 6.73. The molecule has 1 amide bonds. The van der Waals surface area contributed by atoms with Gasteiger partial charge >= 0.3 is 6.18 Å². The molecule has 2 aliphatic rings. The number of fused-ring (bicyclic) bond motifs is 1. The zero-order chi connectivity index (χ0) is 29.0. The molecule has 1 saturated carbocycles. The molecule has 0 bridgehead atoms. The van der Waals surface area contributed by atoms with Gasteiger partial charge < -0.3 is 20.1 Å². The monoisotopic (exact) mass is 573 g/mol. The maximum Gasteiger partial charge on any atom is 0.416 e. The van der Waals surface area contributed by atoms with Gasteiger partial charge in [0, 0.05) is 41.4 Å². The molecule has 1 aromatic heterocycles. The van der Waals surface area contributed by atoms with E-state index >= 15 is 0 Å². The molecular formula is C29H35F3N5O2P. The Morgan fingerprint density at radius 3 is 2.50 bits per heavy atom. The number of nitrogens with zero attached hydrogens (tertiary/aromatic N) is 3. The lowest BCUT2D eigenvalue weighted by Crippen LogP contribution is -2.38. The quantitative estimate of drug-likeness (QED) is 0.348. The van der Waals surface area contributed by atoms with Gasteiger partial charge in [0.1, 0.15) is 18.8 Å². The Balaban J connectivity index is 1.52. The Bertz CT molecular complexity index is 1520. The van der Waals surface area contributed by atoms with Gasteiger partial charge in [0.25, 0.3) is 0 Å². The van der Waals surface area contributed by atoms with Crippen molar-refractivity contribution >= 4 is 40.8 Å². The summed E-state index contributed by atoms with van der Waals surface area (Å²) in [5.41, 5.74) is 1.46. The summed E-state index contributed by atoms with van der Waals surface area (Å²) in [4.78, 5) is 23.7. The number of alkyl halides is 3. The molecule has 1 aliphatic heterocycles. The molecule has 7 nitrogen and oxygen atoms in total. The van der Waals surface area contributed by atoms with Crippen molar-refractivity contribution in [1.82, 2.24) is 15.3 Å². The standard InChI is InChI=1S/C29H35F3N5O2P/c1-16-21(7-6-8-23(16)29(30,31)32)17(2)33-27-22-13-25(26(40(4,5)39)14-24(22)34-18(3)35-27)37-12-11-20(15-37)36-28(38)19-9-10-19/h6-8,13-14,17,19-20H,9-12,15H2,1-5H3,(H,36,38)(H,33,34,35)/t17?,20-/m0/s1. The van der Waals surface area contributed by atoms with Crippen LogP contribution in [0.15, 0.2) is 30.3 Å². The normalized spacial score (nSPS) is 18.7. The number of benzene rings is 2. The number of halogens is 3. The molecule has 1 aliphatic carbocycles. The number of anilines is 2. The van der Waals surface area contributed by atoms with Crippen LogP contribution in [0.3, 0.4) is 0 Å². The Kier molecular flexibility index (Phi) is 7.36. The van der Waals surface area contributed by atoms with Crippen molar-refractivity contribution in [3.8, 4) is 0 Å². The Labute approximate surface area is 232 Å². The zero-order valence-corrected chi connectivity index (χ0v) is 24.3. The zero-order valence-electron chi connectivity index (χ0n) is 23.4. The van der Waals surface area contributed by atoms with E-state index in [1.807, 2.05) is 12.1 Å². The second kappa shape index (κ2) is 10.4. The third kappa shape index (κ3) is 5.82. The van der Waals surface area contributed by atoms with E-state index in [2.05, 4.69) is 25.5 Å². The maximum absolute atomic E-state index is 13.6. The van der Waals surface area contributed by atoms with Gasteiger partial charge in [0.05, 0.1) is 17.1 Å². The molecular weight excluding hydrogens is 538 g/mol. The minimum Gasteiger partial charge on any atom is -0.369 e. The first-order chi connectivity index (χ1) is 18.7. The van der Waals surface area contributed by atoms with E-state index in [4.69, 9.17) is 0 Å². The van der Waals surface area contributed by atoms with E-state index in [-0.39, 0.29) is 23.4 Å². The van der Waals surface area contributed by atoms with Gasteiger partial charge in [0.15, 0.2) is 0 Å². The smallest absolute Gasteiger partial charge is 0.369 e. The van der Waals surface area contributed by atoms with Crippen LogP contribution in [0.5, 0.6) is 0 Å². The number of hydrogen-bond acceptors (Lipinski definition) is 6. The molecule has 11 heteroatoms. The summed E-state index contributed by atoms with van der Waals surface area (Å²) in [6.45, 7) is 9.80. The molecule has 0 spiro atoms. The molecule has 2 aromatic carbocycles. The lowest BCUT2D eigenvalue weighted by atomic mass is 9.97. The molecule has 40 heavy (non-hydrogen) atoms. The first-order valence-corrected chi connectivity index (χ1v) is 16.2. The van der Waals surface area contributed by atoms with E-state index in [0.29, 0.717) is 46.5 Å². The van der Waals surface area contributed by atoms with Crippen molar-refractivity contribution in [2.45, 2.75) is 58.3 Å². The fraction of sp³-hybridized carbons (Fsp3) is 0.483. The largest absolute Gasteiger partial charge is 0.416 e. The van der Waals surface area contributed by atoms with Crippen molar-refractivity contribution in [2.24, 2.45) is 5.92 Å². The van der Waals surface area contributed by atoms with E-state index in [1.165, 1.54) is 13.0 Å². The Hall–Kier alpha value is -3.13. The van der Waals surface area contributed by atoms with Crippen LogP contribution in [0.4, 0.5) is 24.7 Å². The van der Waals surface area contributed by atoms with Gasteiger partial charge in [-0.15, -0.1) is 0 Å². The number of aryl methyl sites for hydroxylation is 1. The average molecular weight is 574 g/mol. The molecule has 3 aromatic rings. The third-order valence-electron chi connectivity index (χ3n) is 7.81. The number of carbonyl (C=O) groups excluding carboxylic acids is 1. The number of carbonyl (C=O) groups is 1. The first-order valence-electron chi connectivity index (χ1n) is 13.6. The molecule has 214 valence electrons. The molecule has 2 N–H and O–H groups in total. The topological polar surface area (TPSA) is 87.2 Å². The van der Waals surface area contributed by atoms with Gasteiger partial charge in [-0.3, -0.25) is 4.79 Å².